The fourth-order valence-corrected chi connectivity index (χ4v) is 4.18. The SMILES string of the molecule is C=C(CC1(C(=O)OC)C=CC(=O)c2cc(OC)ccc21)c1ccccc1I. The molecule has 4 nitrogen and oxygen atoms in total. The van der Waals surface area contributed by atoms with Crippen molar-refractivity contribution in [3.05, 3.63) is 81.5 Å². The van der Waals surface area contributed by atoms with Gasteiger partial charge in [0, 0.05) is 9.13 Å². The van der Waals surface area contributed by atoms with Crippen LogP contribution in [0.3, 0.4) is 0 Å². The first-order chi connectivity index (χ1) is 12.9. The predicted octanol–water partition coefficient (Wildman–Crippen LogP) is 4.57. The summed E-state index contributed by atoms with van der Waals surface area (Å²) < 4.78 is 11.4. The molecule has 0 spiro atoms. The number of ketones is 1. The first kappa shape index (κ1) is 19.4. The molecule has 2 aromatic rings. The molecule has 0 heterocycles. The molecule has 0 aromatic heterocycles. The molecule has 5 heteroatoms. The molecule has 0 N–H and O–H groups in total. The average Bonchev–Trinajstić information content (AvgIpc) is 2.69. The quantitative estimate of drug-likeness (QED) is 0.471. The lowest BCUT2D eigenvalue weighted by atomic mass is 9.69. The fraction of sp³-hybridized carbons (Fsp3) is 0.182. The van der Waals surface area contributed by atoms with E-state index in [0.717, 1.165) is 14.7 Å². The molecule has 1 unspecified atom stereocenters. The first-order valence-electron chi connectivity index (χ1n) is 8.36. The van der Waals surface area contributed by atoms with Crippen LogP contribution in [-0.2, 0) is 14.9 Å². The second-order valence-electron chi connectivity index (χ2n) is 6.33. The fourth-order valence-electron chi connectivity index (χ4n) is 3.41. The summed E-state index contributed by atoms with van der Waals surface area (Å²) in [7, 11) is 2.89. The Kier molecular flexibility index (Phi) is 5.51. The van der Waals surface area contributed by atoms with E-state index >= 15 is 0 Å². The molecule has 0 amide bonds. The van der Waals surface area contributed by atoms with Crippen LogP contribution in [0.25, 0.3) is 5.57 Å². The van der Waals surface area contributed by atoms with Gasteiger partial charge in [-0.2, -0.15) is 0 Å². The molecule has 0 bridgehead atoms. The number of carbonyl (C=O) groups excluding carboxylic acids is 2. The van der Waals surface area contributed by atoms with Crippen molar-refractivity contribution in [1.29, 1.82) is 0 Å². The second-order valence-corrected chi connectivity index (χ2v) is 7.49. The van der Waals surface area contributed by atoms with Crippen molar-refractivity contribution in [2.45, 2.75) is 11.8 Å². The molecular formula is C22H19IO4. The number of ether oxygens (including phenoxy) is 2. The third-order valence-electron chi connectivity index (χ3n) is 4.79. The van der Waals surface area contributed by atoms with Crippen molar-refractivity contribution in [3.8, 4) is 5.75 Å². The summed E-state index contributed by atoms with van der Waals surface area (Å²) in [6.07, 6.45) is 3.38. The molecule has 3 rings (SSSR count). The van der Waals surface area contributed by atoms with E-state index in [1.165, 1.54) is 20.3 Å². The Morgan fingerprint density at radius 3 is 2.59 bits per heavy atom. The van der Waals surface area contributed by atoms with Crippen molar-refractivity contribution < 1.29 is 19.1 Å². The zero-order chi connectivity index (χ0) is 19.6. The van der Waals surface area contributed by atoms with Gasteiger partial charge < -0.3 is 9.47 Å². The largest absolute Gasteiger partial charge is 0.497 e. The van der Waals surface area contributed by atoms with Crippen molar-refractivity contribution in [3.63, 3.8) is 0 Å². The van der Waals surface area contributed by atoms with Crippen molar-refractivity contribution in [2.75, 3.05) is 14.2 Å². The molecule has 0 saturated carbocycles. The summed E-state index contributed by atoms with van der Waals surface area (Å²) in [4.78, 5) is 25.3. The summed E-state index contributed by atoms with van der Waals surface area (Å²) >= 11 is 2.25. The zero-order valence-corrected chi connectivity index (χ0v) is 17.3. The van der Waals surface area contributed by atoms with E-state index in [4.69, 9.17) is 9.47 Å². The highest BCUT2D eigenvalue weighted by molar-refractivity contribution is 14.1. The van der Waals surface area contributed by atoms with Gasteiger partial charge in [-0.15, -0.1) is 0 Å². The van der Waals surface area contributed by atoms with Gasteiger partial charge in [-0.1, -0.05) is 36.9 Å². The number of hydrogen-bond acceptors (Lipinski definition) is 4. The number of hydrogen-bond donors (Lipinski definition) is 0. The van der Waals surface area contributed by atoms with Gasteiger partial charge in [0.2, 0.25) is 0 Å². The standard InChI is InChI=1S/C22H19IO4/c1-14(16-6-4-5-7-19(16)23)13-22(21(25)27-3)11-10-20(24)17-12-15(26-2)8-9-18(17)22/h4-12H,1,13H2,2-3H3. The lowest BCUT2D eigenvalue weighted by Crippen LogP contribution is -2.39. The molecule has 1 aliphatic rings. The number of carbonyl (C=O) groups is 2. The number of esters is 1. The highest BCUT2D eigenvalue weighted by Crippen LogP contribution is 2.42. The highest BCUT2D eigenvalue weighted by Gasteiger charge is 2.44. The Morgan fingerprint density at radius 1 is 1.19 bits per heavy atom. The smallest absolute Gasteiger partial charge is 0.320 e. The molecule has 0 aliphatic heterocycles. The Balaban J connectivity index is 2.14. The van der Waals surface area contributed by atoms with Gasteiger partial charge in [-0.25, -0.2) is 0 Å². The topological polar surface area (TPSA) is 52.6 Å². The van der Waals surface area contributed by atoms with Crippen LogP contribution in [0.4, 0.5) is 0 Å². The summed E-state index contributed by atoms with van der Waals surface area (Å²) in [5, 5.41) is 0. The summed E-state index contributed by atoms with van der Waals surface area (Å²) in [5.74, 6) is -0.0271. The van der Waals surface area contributed by atoms with E-state index in [9.17, 15) is 9.59 Å². The van der Waals surface area contributed by atoms with E-state index < -0.39 is 11.4 Å². The Labute approximate surface area is 172 Å². The summed E-state index contributed by atoms with van der Waals surface area (Å²) in [5.41, 5.74) is 1.71. The first-order valence-corrected chi connectivity index (χ1v) is 9.44. The molecule has 1 aliphatic carbocycles. The molecule has 138 valence electrons. The highest BCUT2D eigenvalue weighted by atomic mass is 127. The number of rotatable bonds is 5. The van der Waals surface area contributed by atoms with E-state index in [1.54, 1.807) is 24.3 Å². The number of methoxy groups -OCH3 is 2. The Bertz CT molecular complexity index is 961. The van der Waals surface area contributed by atoms with Crippen molar-refractivity contribution in [2.24, 2.45) is 0 Å². The van der Waals surface area contributed by atoms with Crippen LogP contribution in [0.2, 0.25) is 0 Å². The van der Waals surface area contributed by atoms with Crippen LogP contribution in [0.1, 0.15) is 27.9 Å². The van der Waals surface area contributed by atoms with Gasteiger partial charge in [-0.05, 0) is 70.0 Å². The monoisotopic (exact) mass is 474 g/mol. The molecule has 1 atom stereocenters. The van der Waals surface area contributed by atoms with E-state index in [0.29, 0.717) is 23.3 Å². The van der Waals surface area contributed by atoms with Crippen molar-refractivity contribution in [1.82, 2.24) is 0 Å². The van der Waals surface area contributed by atoms with Crippen molar-refractivity contribution >= 4 is 39.9 Å². The molecular weight excluding hydrogens is 455 g/mol. The van der Waals surface area contributed by atoms with Crippen LogP contribution in [0.5, 0.6) is 5.75 Å². The Morgan fingerprint density at radius 2 is 1.93 bits per heavy atom. The lowest BCUT2D eigenvalue weighted by molar-refractivity contribution is -0.145. The summed E-state index contributed by atoms with van der Waals surface area (Å²) in [6.45, 7) is 4.21. The maximum atomic E-state index is 12.9. The molecule has 2 aromatic carbocycles. The molecule has 27 heavy (non-hydrogen) atoms. The van der Waals surface area contributed by atoms with Gasteiger partial charge in [0.25, 0.3) is 0 Å². The normalized spacial score (nSPS) is 18.0. The molecule has 0 radical (unpaired) electrons. The van der Waals surface area contributed by atoms with Gasteiger partial charge in [0.05, 0.1) is 14.2 Å². The minimum absolute atomic E-state index is 0.164. The average molecular weight is 474 g/mol. The number of allylic oxidation sites excluding steroid dienone is 2. The van der Waals surface area contributed by atoms with E-state index in [1.807, 2.05) is 24.3 Å². The van der Waals surface area contributed by atoms with Gasteiger partial charge in [0.1, 0.15) is 11.2 Å². The van der Waals surface area contributed by atoms with Gasteiger partial charge >= 0.3 is 5.97 Å². The van der Waals surface area contributed by atoms with Crippen LogP contribution in [0.15, 0.2) is 61.2 Å². The number of fused-ring (bicyclic) bond motifs is 1. The van der Waals surface area contributed by atoms with Crippen LogP contribution in [-0.4, -0.2) is 26.0 Å². The number of benzene rings is 2. The number of halogens is 1. The van der Waals surface area contributed by atoms with Crippen LogP contribution < -0.4 is 4.74 Å². The maximum Gasteiger partial charge on any atom is 0.320 e. The lowest BCUT2D eigenvalue weighted by Gasteiger charge is -2.33. The van der Waals surface area contributed by atoms with Gasteiger partial charge in [0.15, 0.2) is 5.78 Å². The van der Waals surface area contributed by atoms with Crippen LogP contribution >= 0.6 is 22.6 Å². The minimum atomic E-state index is -1.11. The van der Waals surface area contributed by atoms with Gasteiger partial charge in [-0.3, -0.25) is 9.59 Å². The van der Waals surface area contributed by atoms with E-state index in [-0.39, 0.29) is 5.78 Å². The zero-order valence-electron chi connectivity index (χ0n) is 15.1. The predicted molar refractivity (Wildman–Crippen MR) is 113 cm³/mol. The van der Waals surface area contributed by atoms with Crippen LogP contribution in [0, 0.1) is 3.57 Å². The molecule has 0 saturated heterocycles. The third-order valence-corrected chi connectivity index (χ3v) is 5.73. The Hall–Kier alpha value is -2.41. The minimum Gasteiger partial charge on any atom is -0.497 e. The summed E-state index contributed by atoms with van der Waals surface area (Å²) in [6, 6.07) is 13.0. The molecule has 0 fully saturated rings. The third kappa shape index (κ3) is 3.43. The van der Waals surface area contributed by atoms with E-state index in [2.05, 4.69) is 29.2 Å². The second kappa shape index (κ2) is 7.68. The maximum absolute atomic E-state index is 12.9.